The van der Waals surface area contributed by atoms with E-state index in [1.165, 1.54) is 0 Å². The van der Waals surface area contributed by atoms with Crippen LogP contribution in [0.3, 0.4) is 0 Å². The molecule has 3 rings (SSSR count). The van der Waals surface area contributed by atoms with Crippen LogP contribution in [0, 0.1) is 0 Å². The van der Waals surface area contributed by atoms with Crippen molar-refractivity contribution in [3.63, 3.8) is 0 Å². The van der Waals surface area contributed by atoms with E-state index in [0.717, 1.165) is 56.1 Å². The second-order valence-electron chi connectivity index (χ2n) is 6.72. The second kappa shape index (κ2) is 10.0. The summed E-state index contributed by atoms with van der Waals surface area (Å²) in [5.74, 6) is 0.966. The number of nitrogens with zero attached hydrogens (tertiary/aromatic N) is 4. The average molecular weight is 423 g/mol. The number of ketones is 1. The van der Waals surface area contributed by atoms with Gasteiger partial charge in [-0.15, -0.1) is 10.2 Å². The summed E-state index contributed by atoms with van der Waals surface area (Å²) in [6, 6.07) is 9.16. The van der Waals surface area contributed by atoms with Crippen molar-refractivity contribution in [1.29, 1.82) is 0 Å². The molecule has 8 heteroatoms. The molecule has 1 aromatic heterocycles. The molecule has 0 amide bonds. The summed E-state index contributed by atoms with van der Waals surface area (Å²) < 4.78 is 5.83. The number of halogens is 2. The Balaban J connectivity index is 1.42. The summed E-state index contributed by atoms with van der Waals surface area (Å²) in [6.45, 7) is 6.95. The van der Waals surface area contributed by atoms with Gasteiger partial charge in [-0.2, -0.15) is 0 Å². The number of hydrogen-bond donors (Lipinski definition) is 0. The molecule has 1 aromatic carbocycles. The standard InChI is InChI=1S/C20H24Cl2N4O2/c1-2-3-18(27)15-4-6-16(7-5-15)28-13-12-25-8-10-26(11-9-25)17-14-19(21)23-24-20(17)22/h4-7,14H,2-3,8-13H2,1H3. The number of piperazine rings is 1. The van der Waals surface area contributed by atoms with E-state index in [0.29, 0.717) is 23.3 Å². The molecular weight excluding hydrogens is 399 g/mol. The molecule has 0 spiro atoms. The highest BCUT2D eigenvalue weighted by molar-refractivity contribution is 6.33. The summed E-state index contributed by atoms with van der Waals surface area (Å²) >= 11 is 12.1. The molecule has 1 saturated heterocycles. The third kappa shape index (κ3) is 5.56. The minimum Gasteiger partial charge on any atom is -0.492 e. The number of rotatable bonds is 8. The van der Waals surface area contributed by atoms with Crippen LogP contribution in [0.15, 0.2) is 30.3 Å². The lowest BCUT2D eigenvalue weighted by atomic mass is 10.1. The molecule has 1 aliphatic heterocycles. The van der Waals surface area contributed by atoms with Gasteiger partial charge in [-0.3, -0.25) is 9.69 Å². The summed E-state index contributed by atoms with van der Waals surface area (Å²) in [6.07, 6.45) is 1.44. The van der Waals surface area contributed by atoms with E-state index >= 15 is 0 Å². The molecule has 6 nitrogen and oxygen atoms in total. The molecule has 150 valence electrons. The molecule has 0 N–H and O–H groups in total. The van der Waals surface area contributed by atoms with Gasteiger partial charge in [0.2, 0.25) is 0 Å². The van der Waals surface area contributed by atoms with Gasteiger partial charge in [-0.25, -0.2) is 0 Å². The van der Waals surface area contributed by atoms with Gasteiger partial charge in [0, 0.05) is 50.8 Å². The van der Waals surface area contributed by atoms with Gasteiger partial charge in [0.1, 0.15) is 12.4 Å². The quantitative estimate of drug-likeness (QED) is 0.599. The third-order valence-electron chi connectivity index (χ3n) is 4.74. The van der Waals surface area contributed by atoms with Gasteiger partial charge in [-0.05, 0) is 30.7 Å². The third-order valence-corrected chi connectivity index (χ3v) is 5.20. The normalized spacial score (nSPS) is 14.9. The molecule has 1 aliphatic rings. The molecular formula is C20H24Cl2N4O2. The Morgan fingerprint density at radius 2 is 1.82 bits per heavy atom. The largest absolute Gasteiger partial charge is 0.492 e. The Morgan fingerprint density at radius 3 is 2.50 bits per heavy atom. The summed E-state index contributed by atoms with van der Waals surface area (Å²) in [4.78, 5) is 16.4. The van der Waals surface area contributed by atoms with Crippen LogP contribution in [-0.4, -0.2) is 60.2 Å². The molecule has 2 heterocycles. The molecule has 0 saturated carbocycles. The van der Waals surface area contributed by atoms with Gasteiger partial charge >= 0.3 is 0 Å². The predicted molar refractivity (Wildman–Crippen MR) is 112 cm³/mol. The number of carbonyl (C=O) groups is 1. The van der Waals surface area contributed by atoms with Gasteiger partial charge in [-0.1, -0.05) is 30.1 Å². The van der Waals surface area contributed by atoms with Crippen LogP contribution in [0.1, 0.15) is 30.1 Å². The first kappa shape index (κ1) is 20.8. The zero-order valence-electron chi connectivity index (χ0n) is 15.9. The fourth-order valence-corrected chi connectivity index (χ4v) is 3.53. The lowest BCUT2D eigenvalue weighted by Crippen LogP contribution is -2.47. The number of ether oxygens (including phenoxy) is 1. The van der Waals surface area contributed by atoms with E-state index in [2.05, 4.69) is 20.0 Å². The van der Waals surface area contributed by atoms with E-state index in [-0.39, 0.29) is 5.78 Å². The number of hydrogen-bond acceptors (Lipinski definition) is 6. The molecule has 0 aliphatic carbocycles. The lowest BCUT2D eigenvalue weighted by Gasteiger charge is -2.36. The average Bonchev–Trinajstić information content (AvgIpc) is 2.71. The van der Waals surface area contributed by atoms with Crippen LogP contribution < -0.4 is 9.64 Å². The Bertz CT molecular complexity index is 793. The summed E-state index contributed by atoms with van der Waals surface area (Å²) in [5, 5.41) is 8.35. The number of aromatic nitrogens is 2. The highest BCUT2D eigenvalue weighted by Gasteiger charge is 2.20. The first-order valence-corrected chi connectivity index (χ1v) is 10.2. The van der Waals surface area contributed by atoms with E-state index in [1.54, 1.807) is 6.07 Å². The topological polar surface area (TPSA) is 58.6 Å². The van der Waals surface area contributed by atoms with Crippen molar-refractivity contribution in [1.82, 2.24) is 15.1 Å². The molecule has 1 fully saturated rings. The Morgan fingerprint density at radius 1 is 1.11 bits per heavy atom. The highest BCUT2D eigenvalue weighted by atomic mass is 35.5. The van der Waals surface area contributed by atoms with E-state index in [4.69, 9.17) is 27.9 Å². The first-order valence-electron chi connectivity index (χ1n) is 9.49. The Hall–Kier alpha value is -1.89. The van der Waals surface area contributed by atoms with Crippen molar-refractivity contribution in [3.05, 3.63) is 46.2 Å². The number of anilines is 1. The molecule has 0 radical (unpaired) electrons. The fourth-order valence-electron chi connectivity index (χ4n) is 3.18. The predicted octanol–water partition coefficient (Wildman–Crippen LogP) is 3.97. The Labute approximate surface area is 175 Å². The van der Waals surface area contributed by atoms with E-state index in [1.807, 2.05) is 31.2 Å². The molecule has 2 aromatic rings. The minimum atomic E-state index is 0.178. The second-order valence-corrected chi connectivity index (χ2v) is 7.46. The first-order chi connectivity index (χ1) is 13.6. The smallest absolute Gasteiger partial charge is 0.175 e. The van der Waals surface area contributed by atoms with E-state index in [9.17, 15) is 4.79 Å². The lowest BCUT2D eigenvalue weighted by molar-refractivity contribution is 0.0981. The number of carbonyl (C=O) groups excluding carboxylic acids is 1. The maximum Gasteiger partial charge on any atom is 0.175 e. The van der Waals surface area contributed by atoms with Crippen LogP contribution in [0.5, 0.6) is 5.75 Å². The maximum absolute atomic E-state index is 11.9. The molecule has 0 atom stereocenters. The van der Waals surface area contributed by atoms with Crippen molar-refractivity contribution in [2.24, 2.45) is 0 Å². The zero-order chi connectivity index (χ0) is 19.9. The molecule has 0 unspecified atom stereocenters. The molecule has 0 bridgehead atoms. The van der Waals surface area contributed by atoms with Crippen LogP contribution >= 0.6 is 23.2 Å². The fraction of sp³-hybridized carbons (Fsp3) is 0.450. The summed E-state index contributed by atoms with van der Waals surface area (Å²) in [5.41, 5.74) is 1.57. The van der Waals surface area contributed by atoms with Crippen LogP contribution in [0.2, 0.25) is 10.3 Å². The van der Waals surface area contributed by atoms with Crippen LogP contribution in [0.25, 0.3) is 0 Å². The highest BCUT2D eigenvalue weighted by Crippen LogP contribution is 2.26. The minimum absolute atomic E-state index is 0.178. The van der Waals surface area contributed by atoms with E-state index < -0.39 is 0 Å². The van der Waals surface area contributed by atoms with Gasteiger partial charge in [0.15, 0.2) is 16.1 Å². The van der Waals surface area contributed by atoms with Crippen molar-refractivity contribution in [2.75, 3.05) is 44.2 Å². The number of benzene rings is 1. The SMILES string of the molecule is CCCC(=O)c1ccc(OCCN2CCN(c3cc(Cl)nnc3Cl)CC2)cc1. The monoisotopic (exact) mass is 422 g/mol. The van der Waals surface area contributed by atoms with Crippen LogP contribution in [0.4, 0.5) is 5.69 Å². The van der Waals surface area contributed by atoms with Crippen molar-refractivity contribution < 1.29 is 9.53 Å². The number of Topliss-reactive ketones (excluding diaryl/α,β-unsaturated/α-hetero) is 1. The maximum atomic E-state index is 11.9. The summed E-state index contributed by atoms with van der Waals surface area (Å²) in [7, 11) is 0. The van der Waals surface area contributed by atoms with Gasteiger partial charge < -0.3 is 9.64 Å². The Kier molecular flexibility index (Phi) is 7.48. The van der Waals surface area contributed by atoms with Crippen molar-refractivity contribution in [3.8, 4) is 5.75 Å². The van der Waals surface area contributed by atoms with Gasteiger partial charge in [0.05, 0.1) is 5.69 Å². The zero-order valence-corrected chi connectivity index (χ0v) is 17.4. The van der Waals surface area contributed by atoms with Crippen molar-refractivity contribution >= 4 is 34.7 Å². The van der Waals surface area contributed by atoms with Gasteiger partial charge in [0.25, 0.3) is 0 Å². The van der Waals surface area contributed by atoms with Crippen LogP contribution in [-0.2, 0) is 0 Å². The molecule has 28 heavy (non-hydrogen) atoms. The van der Waals surface area contributed by atoms with Crippen molar-refractivity contribution in [2.45, 2.75) is 19.8 Å².